The molecule has 3 rings (SSSR count). The molecule has 2 aromatic heterocycles. The fourth-order valence-electron chi connectivity index (χ4n) is 1.32. The summed E-state index contributed by atoms with van der Waals surface area (Å²) >= 11 is 1.04. The molecule has 2 radical (unpaired) electrons. The Hall–Kier alpha value is -0.261. The molecule has 0 saturated heterocycles. The van der Waals surface area contributed by atoms with E-state index in [2.05, 4.69) is 29.2 Å². The van der Waals surface area contributed by atoms with E-state index in [1.165, 1.54) is 9.65 Å². The van der Waals surface area contributed by atoms with Crippen molar-refractivity contribution >= 4 is 47.2 Å². The van der Waals surface area contributed by atoms with E-state index >= 15 is 0 Å². The van der Waals surface area contributed by atoms with Gasteiger partial charge >= 0.3 is 82.4 Å². The van der Waals surface area contributed by atoms with Crippen LogP contribution >= 0.6 is 0 Å². The third-order valence-corrected chi connectivity index (χ3v) is 6.71. The van der Waals surface area contributed by atoms with Gasteiger partial charge < -0.3 is 0 Å². The van der Waals surface area contributed by atoms with Crippen molar-refractivity contribution in [3.05, 3.63) is 35.3 Å². The zero-order valence-corrected chi connectivity index (χ0v) is 9.55. The molecule has 0 unspecified atom stereocenters. The molecule has 56 valence electrons. The second kappa shape index (κ2) is 2.61. The zero-order valence-electron chi connectivity index (χ0n) is 6.13. The topological polar surface area (TPSA) is 0 Å². The number of benzene rings is 1. The summed E-state index contributed by atoms with van der Waals surface area (Å²) in [5, 5.41) is 1.45. The minimum atomic E-state index is 0.484. The second-order valence-corrected chi connectivity index (χ2v) is 6.64. The predicted molar refractivity (Wildman–Crippen MR) is 53.0 cm³/mol. The fraction of sp³-hybridized carbons (Fsp3) is 0. The van der Waals surface area contributed by atoms with Crippen LogP contribution in [0.4, 0.5) is 0 Å². The SMILES string of the molecule is [c]1ccc2[se]c3c[c][se]c3c2c1. The standard InChI is InChI=1S/C10H4Se2/c1-2-4-8-7(3-1)10-9(12-8)5-6-11-10/h2-5H. The Bertz CT molecular complexity index is 530. The number of hydrogen-bond donors (Lipinski definition) is 0. The van der Waals surface area contributed by atoms with E-state index in [4.69, 9.17) is 0 Å². The van der Waals surface area contributed by atoms with E-state index in [1.807, 2.05) is 6.07 Å². The first kappa shape index (κ1) is 7.17. The zero-order chi connectivity index (χ0) is 7.97. The molecule has 0 fully saturated rings. The molecule has 0 saturated carbocycles. The molecule has 2 heterocycles. The number of fused-ring (bicyclic) bond motifs is 3. The van der Waals surface area contributed by atoms with Crippen molar-refractivity contribution in [2.24, 2.45) is 0 Å². The Kier molecular flexibility index (Phi) is 1.56. The monoisotopic (exact) mass is 284 g/mol. The van der Waals surface area contributed by atoms with Crippen molar-refractivity contribution in [2.45, 2.75) is 0 Å². The molecule has 0 aliphatic rings. The van der Waals surface area contributed by atoms with Crippen molar-refractivity contribution < 1.29 is 0 Å². The first-order chi connectivity index (χ1) is 5.95. The molecule has 0 amide bonds. The van der Waals surface area contributed by atoms with Gasteiger partial charge in [0.15, 0.2) is 0 Å². The maximum absolute atomic E-state index is 3.33. The van der Waals surface area contributed by atoms with Crippen molar-refractivity contribution in [3.63, 3.8) is 0 Å². The molecule has 0 aliphatic carbocycles. The van der Waals surface area contributed by atoms with Crippen molar-refractivity contribution in [2.75, 3.05) is 0 Å². The van der Waals surface area contributed by atoms with Crippen LogP contribution in [0.1, 0.15) is 0 Å². The van der Waals surface area contributed by atoms with E-state index in [0.29, 0.717) is 29.0 Å². The normalized spacial score (nSPS) is 11.3. The average Bonchev–Trinajstić information content (AvgIpc) is 2.62. The van der Waals surface area contributed by atoms with Gasteiger partial charge in [-0.1, -0.05) is 0 Å². The summed E-state index contributed by atoms with van der Waals surface area (Å²) < 4.78 is 4.65. The predicted octanol–water partition coefficient (Wildman–Crippen LogP) is 1.71. The summed E-state index contributed by atoms with van der Waals surface area (Å²) in [7, 11) is 0. The van der Waals surface area contributed by atoms with Crippen LogP contribution in [0.15, 0.2) is 24.3 Å². The van der Waals surface area contributed by atoms with Crippen molar-refractivity contribution in [1.82, 2.24) is 0 Å². The Morgan fingerprint density at radius 1 is 1.17 bits per heavy atom. The van der Waals surface area contributed by atoms with E-state index in [-0.39, 0.29) is 0 Å². The molecule has 0 N–H and O–H groups in total. The van der Waals surface area contributed by atoms with Crippen LogP contribution in [-0.2, 0) is 0 Å². The van der Waals surface area contributed by atoms with Gasteiger partial charge in [0.2, 0.25) is 0 Å². The van der Waals surface area contributed by atoms with E-state index < -0.39 is 0 Å². The first-order valence-corrected chi connectivity index (χ1v) is 7.06. The van der Waals surface area contributed by atoms with Crippen molar-refractivity contribution in [3.8, 4) is 0 Å². The second-order valence-electron chi connectivity index (χ2n) is 2.58. The molecule has 0 bridgehead atoms. The van der Waals surface area contributed by atoms with Crippen LogP contribution in [0.2, 0.25) is 0 Å². The molecule has 12 heavy (non-hydrogen) atoms. The van der Waals surface area contributed by atoms with E-state index in [0.717, 1.165) is 0 Å². The molecule has 1 aromatic carbocycles. The summed E-state index contributed by atoms with van der Waals surface area (Å²) in [4.78, 5) is 3.33. The third-order valence-electron chi connectivity index (χ3n) is 1.86. The maximum atomic E-state index is 3.33. The Labute approximate surface area is 82.3 Å². The van der Waals surface area contributed by atoms with Crippen LogP contribution in [0.5, 0.6) is 0 Å². The average molecular weight is 282 g/mol. The van der Waals surface area contributed by atoms with Gasteiger partial charge in [0.25, 0.3) is 0 Å². The van der Waals surface area contributed by atoms with Gasteiger partial charge in [-0.2, -0.15) is 0 Å². The van der Waals surface area contributed by atoms with E-state index in [9.17, 15) is 0 Å². The Balaban J connectivity index is 2.68. The summed E-state index contributed by atoms with van der Waals surface area (Å²) in [6, 6.07) is 11.7. The summed E-state index contributed by atoms with van der Waals surface area (Å²) in [6.45, 7) is 0. The molecule has 0 atom stereocenters. The van der Waals surface area contributed by atoms with Crippen LogP contribution in [0.25, 0.3) is 18.2 Å². The molecule has 0 nitrogen and oxygen atoms in total. The number of hydrogen-bond acceptors (Lipinski definition) is 0. The molecule has 0 aliphatic heterocycles. The Morgan fingerprint density at radius 3 is 3.17 bits per heavy atom. The van der Waals surface area contributed by atoms with Gasteiger partial charge in [-0.15, -0.1) is 0 Å². The van der Waals surface area contributed by atoms with Gasteiger partial charge in [0.05, 0.1) is 0 Å². The Morgan fingerprint density at radius 2 is 2.17 bits per heavy atom. The van der Waals surface area contributed by atoms with Gasteiger partial charge in [-0.25, -0.2) is 0 Å². The van der Waals surface area contributed by atoms with Crippen molar-refractivity contribution in [1.29, 1.82) is 0 Å². The summed E-state index contributed by atoms with van der Waals surface area (Å²) in [5.74, 6) is 0. The van der Waals surface area contributed by atoms with Crippen LogP contribution in [0, 0.1) is 11.0 Å². The third kappa shape index (κ3) is 0.901. The van der Waals surface area contributed by atoms with Gasteiger partial charge in [-0.05, 0) is 0 Å². The quantitative estimate of drug-likeness (QED) is 0.551. The van der Waals surface area contributed by atoms with Crippen LogP contribution < -0.4 is 0 Å². The molecule has 0 spiro atoms. The summed E-state index contributed by atoms with van der Waals surface area (Å²) in [5.41, 5.74) is 0. The molecule has 2 heteroatoms. The molecular weight excluding hydrogens is 278 g/mol. The van der Waals surface area contributed by atoms with E-state index in [1.54, 1.807) is 8.52 Å². The van der Waals surface area contributed by atoms with Gasteiger partial charge in [0.1, 0.15) is 0 Å². The van der Waals surface area contributed by atoms with Gasteiger partial charge in [-0.3, -0.25) is 0 Å². The first-order valence-electron chi connectivity index (χ1n) is 3.63. The fourth-order valence-corrected chi connectivity index (χ4v) is 6.50. The molecule has 3 aromatic rings. The number of rotatable bonds is 0. The van der Waals surface area contributed by atoms with Crippen LogP contribution in [0.3, 0.4) is 0 Å². The molecular formula is C10H4Se2. The van der Waals surface area contributed by atoms with Gasteiger partial charge in [0, 0.05) is 0 Å². The van der Waals surface area contributed by atoms with Crippen LogP contribution in [-0.4, -0.2) is 29.0 Å². The minimum absolute atomic E-state index is 0.484. The summed E-state index contributed by atoms with van der Waals surface area (Å²) in [6.07, 6.45) is 0.